The van der Waals surface area contributed by atoms with Crippen molar-refractivity contribution in [3.05, 3.63) is 89.8 Å². The smallest absolute Gasteiger partial charge is 0.134 e. The molecule has 7 heteroatoms. The molecule has 0 amide bonds. The number of aromatic amines is 1. The zero-order chi connectivity index (χ0) is 21.2. The molecule has 3 heterocycles. The second kappa shape index (κ2) is 8.02. The SMILES string of the molecule is Cc1nccc2c1[nH]c1ccc(OCc3cn(C/C=C/c4cccc(F)c4)nn3)cc12. The minimum Gasteiger partial charge on any atom is -0.487 e. The molecule has 6 nitrogen and oxygen atoms in total. The summed E-state index contributed by atoms with van der Waals surface area (Å²) in [6, 6.07) is 14.4. The standard InChI is InChI=1S/C24H20FN5O/c1-16-24-21(9-10-26-16)22-13-20(7-8-23(22)27-24)31-15-19-14-30(29-28-19)11-3-5-17-4-2-6-18(25)12-17/h2-10,12-14,27H,11,15H2,1H3/b5-3+. The van der Waals surface area contributed by atoms with Gasteiger partial charge in [0.1, 0.15) is 23.9 Å². The summed E-state index contributed by atoms with van der Waals surface area (Å²) in [5.74, 6) is 0.517. The van der Waals surface area contributed by atoms with Crippen LogP contribution in [-0.2, 0) is 13.2 Å². The van der Waals surface area contributed by atoms with Gasteiger partial charge >= 0.3 is 0 Å². The molecule has 5 aromatic rings. The Morgan fingerprint density at radius 2 is 2.06 bits per heavy atom. The first-order chi connectivity index (χ1) is 15.2. The van der Waals surface area contributed by atoms with Crippen LogP contribution in [0.2, 0.25) is 0 Å². The van der Waals surface area contributed by atoms with Crippen molar-refractivity contribution < 1.29 is 9.13 Å². The minimum absolute atomic E-state index is 0.250. The van der Waals surface area contributed by atoms with Crippen LogP contribution in [0, 0.1) is 12.7 Å². The zero-order valence-electron chi connectivity index (χ0n) is 16.9. The molecule has 0 unspecified atom stereocenters. The van der Waals surface area contributed by atoms with Crippen LogP contribution in [0.5, 0.6) is 5.75 Å². The Labute approximate surface area is 178 Å². The Morgan fingerprint density at radius 3 is 2.97 bits per heavy atom. The van der Waals surface area contributed by atoms with E-state index < -0.39 is 0 Å². The largest absolute Gasteiger partial charge is 0.487 e. The van der Waals surface area contributed by atoms with Crippen molar-refractivity contribution in [2.45, 2.75) is 20.1 Å². The Morgan fingerprint density at radius 1 is 1.13 bits per heavy atom. The highest BCUT2D eigenvalue weighted by Crippen LogP contribution is 2.29. The normalized spacial score (nSPS) is 11.7. The minimum atomic E-state index is -0.250. The fourth-order valence-electron chi connectivity index (χ4n) is 3.59. The van der Waals surface area contributed by atoms with Gasteiger partial charge in [0.25, 0.3) is 0 Å². The van der Waals surface area contributed by atoms with Crippen LogP contribution in [0.15, 0.2) is 67.0 Å². The van der Waals surface area contributed by atoms with E-state index in [9.17, 15) is 4.39 Å². The van der Waals surface area contributed by atoms with Gasteiger partial charge in [-0.1, -0.05) is 29.5 Å². The first-order valence-corrected chi connectivity index (χ1v) is 9.97. The van der Waals surface area contributed by atoms with Gasteiger partial charge in [-0.25, -0.2) is 9.07 Å². The van der Waals surface area contributed by atoms with Gasteiger partial charge in [-0.2, -0.15) is 0 Å². The molecule has 0 aliphatic carbocycles. The summed E-state index contributed by atoms with van der Waals surface area (Å²) >= 11 is 0. The maximum Gasteiger partial charge on any atom is 0.134 e. The number of ether oxygens (including phenoxy) is 1. The van der Waals surface area contributed by atoms with E-state index in [0.717, 1.165) is 44.5 Å². The van der Waals surface area contributed by atoms with E-state index >= 15 is 0 Å². The van der Waals surface area contributed by atoms with E-state index in [-0.39, 0.29) is 5.82 Å². The fraction of sp³-hybridized carbons (Fsp3) is 0.125. The highest BCUT2D eigenvalue weighted by molar-refractivity contribution is 6.08. The number of nitrogens with zero attached hydrogens (tertiary/aromatic N) is 4. The summed E-state index contributed by atoms with van der Waals surface area (Å²) in [6.07, 6.45) is 7.43. The van der Waals surface area contributed by atoms with E-state index in [1.54, 1.807) is 10.7 Å². The number of halogens is 1. The molecule has 0 fully saturated rings. The van der Waals surface area contributed by atoms with Gasteiger partial charge in [-0.15, -0.1) is 5.10 Å². The number of aryl methyl sites for hydroxylation is 1. The van der Waals surface area contributed by atoms with Crippen LogP contribution in [-0.4, -0.2) is 25.0 Å². The molecule has 0 aliphatic heterocycles. The van der Waals surface area contributed by atoms with Crippen molar-refractivity contribution in [2.24, 2.45) is 0 Å². The maximum absolute atomic E-state index is 13.2. The molecule has 154 valence electrons. The molecule has 31 heavy (non-hydrogen) atoms. The number of H-pyrrole nitrogens is 1. The maximum atomic E-state index is 13.2. The molecule has 0 aliphatic rings. The summed E-state index contributed by atoms with van der Waals surface area (Å²) in [5, 5.41) is 10.5. The third kappa shape index (κ3) is 4.02. The van der Waals surface area contributed by atoms with Crippen molar-refractivity contribution in [1.29, 1.82) is 0 Å². The van der Waals surface area contributed by atoms with Crippen LogP contribution in [0.4, 0.5) is 4.39 Å². The molecule has 0 bridgehead atoms. The van der Waals surface area contributed by atoms with Gasteiger partial charge in [0, 0.05) is 22.5 Å². The average molecular weight is 413 g/mol. The lowest BCUT2D eigenvalue weighted by atomic mass is 10.1. The van der Waals surface area contributed by atoms with Crippen molar-refractivity contribution in [3.8, 4) is 5.75 Å². The molecule has 0 saturated carbocycles. The zero-order valence-corrected chi connectivity index (χ0v) is 16.9. The molecule has 5 rings (SSSR count). The van der Waals surface area contributed by atoms with Gasteiger partial charge in [0.05, 0.1) is 24.0 Å². The first kappa shape index (κ1) is 19.0. The lowest BCUT2D eigenvalue weighted by Gasteiger charge is -2.04. The van der Waals surface area contributed by atoms with Gasteiger partial charge in [-0.3, -0.25) is 4.98 Å². The number of pyridine rings is 1. The topological polar surface area (TPSA) is 68.6 Å². The summed E-state index contributed by atoms with van der Waals surface area (Å²) in [5.41, 5.74) is 4.61. The number of fused-ring (bicyclic) bond motifs is 3. The lowest BCUT2D eigenvalue weighted by molar-refractivity contribution is 0.301. The van der Waals surface area contributed by atoms with Crippen LogP contribution in [0.25, 0.3) is 27.9 Å². The highest BCUT2D eigenvalue weighted by atomic mass is 19.1. The van der Waals surface area contributed by atoms with Gasteiger partial charge in [0.15, 0.2) is 0 Å². The average Bonchev–Trinajstić information content (AvgIpc) is 3.37. The predicted molar refractivity (Wildman–Crippen MR) is 118 cm³/mol. The number of benzene rings is 2. The number of rotatable bonds is 6. The molecule has 0 saturated heterocycles. The van der Waals surface area contributed by atoms with Crippen LogP contribution in [0.3, 0.4) is 0 Å². The summed E-state index contributed by atoms with van der Waals surface area (Å²) in [7, 11) is 0. The Balaban J connectivity index is 1.25. The molecular weight excluding hydrogens is 393 g/mol. The van der Waals surface area contributed by atoms with Crippen molar-refractivity contribution >= 4 is 27.9 Å². The molecule has 2 aromatic carbocycles. The molecule has 1 N–H and O–H groups in total. The third-order valence-corrected chi connectivity index (χ3v) is 5.11. The highest BCUT2D eigenvalue weighted by Gasteiger charge is 2.08. The van der Waals surface area contributed by atoms with Crippen LogP contribution in [0.1, 0.15) is 17.0 Å². The molecule has 0 spiro atoms. The van der Waals surface area contributed by atoms with Crippen molar-refractivity contribution in [2.75, 3.05) is 0 Å². The lowest BCUT2D eigenvalue weighted by Crippen LogP contribution is -1.96. The third-order valence-electron chi connectivity index (χ3n) is 5.11. The summed E-state index contributed by atoms with van der Waals surface area (Å²) < 4.78 is 20.9. The Kier molecular flexibility index (Phi) is 4.92. The van der Waals surface area contributed by atoms with Gasteiger partial charge < -0.3 is 9.72 Å². The number of hydrogen-bond donors (Lipinski definition) is 1. The second-order valence-corrected chi connectivity index (χ2v) is 7.33. The van der Waals surface area contributed by atoms with Crippen LogP contribution >= 0.6 is 0 Å². The summed E-state index contributed by atoms with van der Waals surface area (Å²) in [4.78, 5) is 7.76. The van der Waals surface area contributed by atoms with E-state index in [4.69, 9.17) is 4.74 Å². The van der Waals surface area contributed by atoms with Gasteiger partial charge in [0.2, 0.25) is 0 Å². The van der Waals surface area contributed by atoms with E-state index in [0.29, 0.717) is 13.2 Å². The monoisotopic (exact) mass is 413 g/mol. The number of allylic oxidation sites excluding steroid dienone is 1. The van der Waals surface area contributed by atoms with Crippen molar-refractivity contribution in [3.63, 3.8) is 0 Å². The summed E-state index contributed by atoms with van der Waals surface area (Å²) in [6.45, 7) is 2.85. The van der Waals surface area contributed by atoms with E-state index in [1.165, 1.54) is 12.1 Å². The fourth-order valence-corrected chi connectivity index (χ4v) is 3.59. The number of aromatic nitrogens is 5. The van der Waals surface area contributed by atoms with Gasteiger partial charge in [-0.05, 0) is 48.9 Å². The second-order valence-electron chi connectivity index (χ2n) is 7.33. The molecular formula is C24H20FN5O. The number of hydrogen-bond acceptors (Lipinski definition) is 4. The number of nitrogens with one attached hydrogen (secondary N) is 1. The van der Waals surface area contributed by atoms with Crippen LogP contribution < -0.4 is 4.74 Å². The molecule has 0 atom stereocenters. The Bertz CT molecular complexity index is 1400. The quantitative estimate of drug-likeness (QED) is 0.423. The molecule has 0 radical (unpaired) electrons. The van der Waals surface area contributed by atoms with E-state index in [1.807, 2.05) is 61.8 Å². The predicted octanol–water partition coefficient (Wildman–Crippen LogP) is 5.05. The van der Waals surface area contributed by atoms with E-state index in [2.05, 4.69) is 20.3 Å². The van der Waals surface area contributed by atoms with Crippen molar-refractivity contribution in [1.82, 2.24) is 25.0 Å². The Hall–Kier alpha value is -4.00. The first-order valence-electron chi connectivity index (χ1n) is 9.97. The molecule has 3 aromatic heterocycles.